The van der Waals surface area contributed by atoms with Gasteiger partial charge in [0.15, 0.2) is 0 Å². The summed E-state index contributed by atoms with van der Waals surface area (Å²) in [4.78, 5) is 12.1. The first-order chi connectivity index (χ1) is 9.52. The van der Waals surface area contributed by atoms with E-state index in [1.54, 1.807) is 12.1 Å². The predicted octanol–water partition coefficient (Wildman–Crippen LogP) is 4.16. The quantitative estimate of drug-likeness (QED) is 0.913. The van der Waals surface area contributed by atoms with Gasteiger partial charge in [-0.1, -0.05) is 28.1 Å². The zero-order valence-electron chi connectivity index (χ0n) is 11.0. The van der Waals surface area contributed by atoms with Gasteiger partial charge < -0.3 is 10.1 Å². The molecule has 0 aliphatic rings. The summed E-state index contributed by atoms with van der Waals surface area (Å²) < 4.78 is 19.7. The Kier molecular flexibility index (Phi) is 4.39. The maximum Gasteiger partial charge on any atom is 0.258 e. The Labute approximate surface area is 124 Å². The lowest BCUT2D eigenvalue weighted by Gasteiger charge is -2.14. The van der Waals surface area contributed by atoms with E-state index in [-0.39, 0.29) is 5.56 Å². The average molecular weight is 338 g/mol. The maximum absolute atomic E-state index is 13.6. The normalized spacial score (nSPS) is 10.2. The van der Waals surface area contributed by atoms with Gasteiger partial charge in [0.05, 0.1) is 18.4 Å². The molecule has 0 atom stereocenters. The predicted molar refractivity (Wildman–Crippen MR) is 79.8 cm³/mol. The molecule has 0 aliphatic heterocycles. The molecule has 1 N–H and O–H groups in total. The van der Waals surface area contributed by atoms with Crippen LogP contribution in [0.2, 0.25) is 0 Å². The van der Waals surface area contributed by atoms with Crippen LogP contribution >= 0.6 is 15.9 Å². The van der Waals surface area contributed by atoms with Gasteiger partial charge in [0, 0.05) is 4.47 Å². The van der Waals surface area contributed by atoms with E-state index < -0.39 is 11.7 Å². The summed E-state index contributed by atoms with van der Waals surface area (Å²) in [5, 5.41) is 2.69. The van der Waals surface area contributed by atoms with E-state index in [1.807, 2.05) is 13.0 Å². The first-order valence-corrected chi connectivity index (χ1v) is 6.72. The van der Waals surface area contributed by atoms with Crippen molar-refractivity contribution in [3.8, 4) is 5.75 Å². The van der Waals surface area contributed by atoms with Crippen LogP contribution in [0.5, 0.6) is 5.75 Å². The van der Waals surface area contributed by atoms with Crippen molar-refractivity contribution >= 4 is 27.5 Å². The highest BCUT2D eigenvalue weighted by molar-refractivity contribution is 9.10. The summed E-state index contributed by atoms with van der Waals surface area (Å²) in [5.41, 5.74) is 1.35. The molecule has 5 heteroatoms. The third-order valence-corrected chi connectivity index (χ3v) is 3.30. The van der Waals surface area contributed by atoms with Crippen molar-refractivity contribution in [2.45, 2.75) is 6.92 Å². The molecule has 2 rings (SSSR count). The second-order valence-electron chi connectivity index (χ2n) is 4.23. The number of methoxy groups -OCH3 is 1. The van der Waals surface area contributed by atoms with Gasteiger partial charge >= 0.3 is 0 Å². The Bertz CT molecular complexity index is 658. The zero-order chi connectivity index (χ0) is 14.7. The monoisotopic (exact) mass is 337 g/mol. The molecule has 3 nitrogen and oxygen atoms in total. The molecule has 2 aromatic carbocycles. The van der Waals surface area contributed by atoms with Crippen molar-refractivity contribution in [3.05, 3.63) is 57.8 Å². The van der Waals surface area contributed by atoms with Gasteiger partial charge in [-0.3, -0.25) is 4.79 Å². The highest BCUT2D eigenvalue weighted by Gasteiger charge is 2.15. The topological polar surface area (TPSA) is 38.3 Å². The van der Waals surface area contributed by atoms with E-state index in [0.717, 1.165) is 10.0 Å². The Morgan fingerprint density at radius 2 is 2.00 bits per heavy atom. The van der Waals surface area contributed by atoms with Gasteiger partial charge in [-0.25, -0.2) is 4.39 Å². The van der Waals surface area contributed by atoms with Gasteiger partial charge in [0.25, 0.3) is 5.91 Å². The number of nitrogens with one attached hydrogen (secondary N) is 1. The van der Waals surface area contributed by atoms with E-state index in [0.29, 0.717) is 11.4 Å². The number of rotatable bonds is 3. The minimum Gasteiger partial charge on any atom is -0.495 e. The summed E-state index contributed by atoms with van der Waals surface area (Å²) in [7, 11) is 1.51. The second kappa shape index (κ2) is 6.05. The number of hydrogen-bond donors (Lipinski definition) is 1. The van der Waals surface area contributed by atoms with Crippen LogP contribution in [0.3, 0.4) is 0 Å². The number of aryl methyl sites for hydroxylation is 1. The Hall–Kier alpha value is -1.88. The molecule has 0 fully saturated rings. The summed E-state index contributed by atoms with van der Waals surface area (Å²) in [6.45, 7) is 1.84. The van der Waals surface area contributed by atoms with Crippen molar-refractivity contribution < 1.29 is 13.9 Å². The van der Waals surface area contributed by atoms with E-state index >= 15 is 0 Å². The average Bonchev–Trinajstić information content (AvgIpc) is 2.41. The summed E-state index contributed by atoms with van der Waals surface area (Å²) in [6, 6.07) is 9.43. The van der Waals surface area contributed by atoms with Crippen LogP contribution in [0.4, 0.5) is 10.1 Å². The van der Waals surface area contributed by atoms with Crippen LogP contribution in [0.15, 0.2) is 40.9 Å². The van der Waals surface area contributed by atoms with Crippen LogP contribution in [-0.4, -0.2) is 13.0 Å². The van der Waals surface area contributed by atoms with Gasteiger partial charge in [-0.2, -0.15) is 0 Å². The van der Waals surface area contributed by atoms with Gasteiger partial charge in [-0.05, 0) is 36.8 Å². The molecule has 0 spiro atoms. The third-order valence-electron chi connectivity index (χ3n) is 2.84. The zero-order valence-corrected chi connectivity index (χ0v) is 12.6. The van der Waals surface area contributed by atoms with E-state index in [1.165, 1.54) is 25.3 Å². The Morgan fingerprint density at radius 3 is 2.65 bits per heavy atom. The minimum absolute atomic E-state index is 0.00290. The SMILES string of the molecule is COc1cc(Br)cc(C)c1NC(=O)c1ccccc1F. The van der Waals surface area contributed by atoms with Crippen LogP contribution in [0, 0.1) is 12.7 Å². The molecule has 0 bridgehead atoms. The van der Waals surface area contributed by atoms with Crippen molar-refractivity contribution in [1.29, 1.82) is 0 Å². The second-order valence-corrected chi connectivity index (χ2v) is 5.15. The number of hydrogen-bond acceptors (Lipinski definition) is 2. The van der Waals surface area contributed by atoms with Crippen molar-refractivity contribution in [2.75, 3.05) is 12.4 Å². The van der Waals surface area contributed by atoms with E-state index in [4.69, 9.17) is 4.74 Å². The Balaban J connectivity index is 2.35. The molecule has 0 heterocycles. The third kappa shape index (κ3) is 2.99. The van der Waals surface area contributed by atoms with Crippen LogP contribution < -0.4 is 10.1 Å². The molecule has 0 saturated heterocycles. The number of anilines is 1. The first kappa shape index (κ1) is 14.5. The number of amides is 1. The van der Waals surface area contributed by atoms with Crippen molar-refractivity contribution in [2.24, 2.45) is 0 Å². The van der Waals surface area contributed by atoms with Gasteiger partial charge in [0.1, 0.15) is 11.6 Å². The summed E-state index contributed by atoms with van der Waals surface area (Å²) in [5.74, 6) is -0.549. The van der Waals surface area contributed by atoms with Crippen LogP contribution in [0.1, 0.15) is 15.9 Å². The van der Waals surface area contributed by atoms with Gasteiger partial charge in [-0.15, -0.1) is 0 Å². The number of ether oxygens (including phenoxy) is 1. The molecule has 0 radical (unpaired) electrons. The van der Waals surface area contributed by atoms with Crippen LogP contribution in [0.25, 0.3) is 0 Å². The molecule has 0 unspecified atom stereocenters. The molecule has 1 amide bonds. The molecule has 0 saturated carbocycles. The lowest BCUT2D eigenvalue weighted by molar-refractivity contribution is 0.102. The molecular formula is C15H13BrFNO2. The molecule has 104 valence electrons. The fourth-order valence-corrected chi connectivity index (χ4v) is 2.41. The maximum atomic E-state index is 13.6. The van der Waals surface area contributed by atoms with Crippen molar-refractivity contribution in [1.82, 2.24) is 0 Å². The number of carbonyl (C=O) groups excluding carboxylic acids is 1. The molecule has 20 heavy (non-hydrogen) atoms. The summed E-state index contributed by atoms with van der Waals surface area (Å²) >= 11 is 3.36. The first-order valence-electron chi connectivity index (χ1n) is 5.93. The number of benzene rings is 2. The number of carbonyl (C=O) groups is 1. The lowest BCUT2D eigenvalue weighted by atomic mass is 10.1. The fourth-order valence-electron chi connectivity index (χ4n) is 1.86. The largest absolute Gasteiger partial charge is 0.495 e. The van der Waals surface area contributed by atoms with E-state index in [9.17, 15) is 9.18 Å². The number of halogens is 2. The molecule has 2 aromatic rings. The highest BCUT2D eigenvalue weighted by atomic mass is 79.9. The highest BCUT2D eigenvalue weighted by Crippen LogP contribution is 2.32. The smallest absolute Gasteiger partial charge is 0.258 e. The molecule has 0 aromatic heterocycles. The Morgan fingerprint density at radius 1 is 1.30 bits per heavy atom. The van der Waals surface area contributed by atoms with Crippen LogP contribution in [-0.2, 0) is 0 Å². The molecular weight excluding hydrogens is 325 g/mol. The fraction of sp³-hybridized carbons (Fsp3) is 0.133. The van der Waals surface area contributed by atoms with E-state index in [2.05, 4.69) is 21.2 Å². The van der Waals surface area contributed by atoms with Gasteiger partial charge in [0.2, 0.25) is 0 Å². The minimum atomic E-state index is -0.557. The summed E-state index contributed by atoms with van der Waals surface area (Å²) in [6.07, 6.45) is 0. The molecule has 0 aliphatic carbocycles. The lowest BCUT2D eigenvalue weighted by Crippen LogP contribution is -2.15. The standard InChI is InChI=1S/C15H13BrFNO2/c1-9-7-10(16)8-13(20-2)14(9)18-15(19)11-5-3-4-6-12(11)17/h3-8H,1-2H3,(H,18,19). The van der Waals surface area contributed by atoms with Crippen molar-refractivity contribution in [3.63, 3.8) is 0 Å².